The summed E-state index contributed by atoms with van der Waals surface area (Å²) in [6, 6.07) is 19.7. The molecule has 2 aromatic carbocycles. The molecular weight excluding hydrogens is 499 g/mol. The molecule has 1 atom stereocenters. The molecule has 7 nitrogen and oxygen atoms in total. The average molecular weight is 522 g/mol. The van der Waals surface area contributed by atoms with E-state index in [1.165, 1.54) is 10.8 Å². The highest BCUT2D eigenvalue weighted by molar-refractivity contribution is 14.1. The molecule has 0 bridgehead atoms. The summed E-state index contributed by atoms with van der Waals surface area (Å²) < 4.78 is 19.2. The van der Waals surface area contributed by atoms with Crippen LogP contribution in [0.3, 0.4) is 0 Å². The molecule has 1 aromatic heterocycles. The van der Waals surface area contributed by atoms with Crippen molar-refractivity contribution in [1.29, 1.82) is 0 Å². The number of H-pyrrole nitrogens is 1. The quantitative estimate of drug-likeness (QED) is 0.238. The Morgan fingerprint density at radius 3 is 2.20 bits per heavy atom. The van der Waals surface area contributed by atoms with Crippen LogP contribution in [-0.4, -0.2) is 22.4 Å². The SMILES string of the molecule is O=c1[nH]c(=O)n(COC(CCOCc2ccccc2)OCc2ccccc2)cc1I. The number of ether oxygens (including phenoxy) is 3. The van der Waals surface area contributed by atoms with Gasteiger partial charge in [-0.15, -0.1) is 0 Å². The van der Waals surface area contributed by atoms with Gasteiger partial charge in [0.05, 0.1) is 23.4 Å². The number of nitrogens with zero attached hydrogens (tertiary/aromatic N) is 1. The van der Waals surface area contributed by atoms with E-state index in [1.807, 2.05) is 83.3 Å². The summed E-state index contributed by atoms with van der Waals surface area (Å²) in [7, 11) is 0. The largest absolute Gasteiger partial charge is 0.377 e. The molecule has 8 heteroatoms. The zero-order valence-electron chi connectivity index (χ0n) is 16.3. The van der Waals surface area contributed by atoms with Gasteiger partial charge in [0.1, 0.15) is 6.73 Å². The summed E-state index contributed by atoms with van der Waals surface area (Å²) in [5.74, 6) is 0. The number of benzene rings is 2. The van der Waals surface area contributed by atoms with E-state index in [9.17, 15) is 9.59 Å². The summed E-state index contributed by atoms with van der Waals surface area (Å²) >= 11 is 1.87. The van der Waals surface area contributed by atoms with Crippen molar-refractivity contribution < 1.29 is 14.2 Å². The zero-order chi connectivity index (χ0) is 21.2. The summed E-state index contributed by atoms with van der Waals surface area (Å²) in [5.41, 5.74) is 1.17. The number of nitrogens with one attached hydrogen (secondary N) is 1. The Morgan fingerprint density at radius 1 is 0.900 bits per heavy atom. The van der Waals surface area contributed by atoms with Gasteiger partial charge in [0.2, 0.25) is 0 Å². The normalized spacial score (nSPS) is 12.0. The molecule has 158 valence electrons. The molecule has 0 spiro atoms. The van der Waals surface area contributed by atoms with Gasteiger partial charge in [-0.1, -0.05) is 60.7 Å². The van der Waals surface area contributed by atoms with Gasteiger partial charge in [-0.3, -0.25) is 14.3 Å². The first-order chi connectivity index (χ1) is 14.6. The lowest BCUT2D eigenvalue weighted by Gasteiger charge is -2.19. The number of aromatic amines is 1. The molecule has 0 radical (unpaired) electrons. The Balaban J connectivity index is 1.56. The van der Waals surface area contributed by atoms with Gasteiger partial charge in [0.15, 0.2) is 6.29 Å². The molecule has 1 unspecified atom stereocenters. The molecule has 0 amide bonds. The zero-order valence-corrected chi connectivity index (χ0v) is 18.5. The van der Waals surface area contributed by atoms with Crippen LogP contribution in [-0.2, 0) is 34.2 Å². The fourth-order valence-electron chi connectivity index (χ4n) is 2.66. The number of hydrogen-bond donors (Lipinski definition) is 1. The molecule has 3 rings (SSSR count). The Hall–Kier alpha value is -2.27. The minimum atomic E-state index is -0.572. The first kappa shape index (κ1) is 22.4. The van der Waals surface area contributed by atoms with Crippen molar-refractivity contribution in [2.24, 2.45) is 0 Å². The van der Waals surface area contributed by atoms with Crippen LogP contribution in [0, 0.1) is 3.57 Å². The van der Waals surface area contributed by atoms with Crippen LogP contribution in [0.1, 0.15) is 17.5 Å². The van der Waals surface area contributed by atoms with Crippen molar-refractivity contribution in [3.63, 3.8) is 0 Å². The topological polar surface area (TPSA) is 82.6 Å². The minimum absolute atomic E-state index is 0.0379. The Kier molecular flexibility index (Phi) is 8.81. The third-order valence-electron chi connectivity index (χ3n) is 4.26. The standard InChI is InChI=1S/C22H23IN2O5/c23-19-13-25(22(27)24-21(19)26)16-30-20(29-15-18-9-5-2-6-10-18)11-12-28-14-17-7-3-1-4-8-17/h1-10,13,20H,11-12,14-16H2,(H,24,26,27). The van der Waals surface area contributed by atoms with Crippen molar-refractivity contribution in [2.75, 3.05) is 6.61 Å². The van der Waals surface area contributed by atoms with Crippen molar-refractivity contribution in [3.8, 4) is 0 Å². The maximum absolute atomic E-state index is 12.0. The van der Waals surface area contributed by atoms with E-state index in [0.29, 0.717) is 29.8 Å². The maximum atomic E-state index is 12.0. The number of aromatic nitrogens is 2. The number of rotatable bonds is 11. The van der Waals surface area contributed by atoms with Crippen molar-refractivity contribution in [2.45, 2.75) is 32.7 Å². The van der Waals surface area contributed by atoms with E-state index in [-0.39, 0.29) is 6.73 Å². The fourth-order valence-corrected chi connectivity index (χ4v) is 3.14. The third kappa shape index (κ3) is 7.21. The fraction of sp³-hybridized carbons (Fsp3) is 0.273. The molecule has 0 aliphatic rings. The van der Waals surface area contributed by atoms with Crippen LogP contribution < -0.4 is 11.2 Å². The Bertz CT molecular complexity index is 1020. The maximum Gasteiger partial charge on any atom is 0.330 e. The first-order valence-electron chi connectivity index (χ1n) is 9.50. The van der Waals surface area contributed by atoms with Crippen LogP contribution >= 0.6 is 22.6 Å². The van der Waals surface area contributed by atoms with E-state index >= 15 is 0 Å². The third-order valence-corrected chi connectivity index (χ3v) is 5.02. The molecule has 0 aliphatic heterocycles. The second kappa shape index (κ2) is 11.8. The lowest BCUT2D eigenvalue weighted by atomic mass is 10.2. The minimum Gasteiger partial charge on any atom is -0.377 e. The van der Waals surface area contributed by atoms with E-state index in [2.05, 4.69) is 4.98 Å². The molecule has 30 heavy (non-hydrogen) atoms. The monoisotopic (exact) mass is 522 g/mol. The molecule has 0 saturated heterocycles. The van der Waals surface area contributed by atoms with Crippen LogP contribution in [0.4, 0.5) is 0 Å². The van der Waals surface area contributed by atoms with E-state index in [0.717, 1.165) is 11.1 Å². The van der Waals surface area contributed by atoms with E-state index in [1.54, 1.807) is 0 Å². The lowest BCUT2D eigenvalue weighted by molar-refractivity contribution is -0.179. The number of hydrogen-bond acceptors (Lipinski definition) is 5. The van der Waals surface area contributed by atoms with Gasteiger partial charge in [-0.25, -0.2) is 4.79 Å². The van der Waals surface area contributed by atoms with E-state index < -0.39 is 17.5 Å². The summed E-state index contributed by atoms with van der Waals surface area (Å²) in [4.78, 5) is 25.7. The summed E-state index contributed by atoms with van der Waals surface area (Å²) in [6.45, 7) is 1.28. The summed E-state index contributed by atoms with van der Waals surface area (Å²) in [5, 5.41) is 0. The van der Waals surface area contributed by atoms with Crippen LogP contribution in [0.2, 0.25) is 0 Å². The smallest absolute Gasteiger partial charge is 0.330 e. The Morgan fingerprint density at radius 2 is 1.53 bits per heavy atom. The van der Waals surface area contributed by atoms with Gasteiger partial charge >= 0.3 is 5.69 Å². The molecule has 0 fully saturated rings. The second-order valence-corrected chi connectivity index (χ2v) is 7.72. The van der Waals surface area contributed by atoms with Gasteiger partial charge in [0.25, 0.3) is 5.56 Å². The summed E-state index contributed by atoms with van der Waals surface area (Å²) in [6.07, 6.45) is 1.38. The van der Waals surface area contributed by atoms with Crippen molar-refractivity contribution >= 4 is 22.6 Å². The number of halogens is 1. The van der Waals surface area contributed by atoms with Crippen LogP contribution in [0.15, 0.2) is 76.4 Å². The molecular formula is C22H23IN2O5. The predicted molar refractivity (Wildman–Crippen MR) is 121 cm³/mol. The predicted octanol–water partition coefficient (Wildman–Crippen LogP) is 3.27. The molecule has 1 N–H and O–H groups in total. The van der Waals surface area contributed by atoms with E-state index in [4.69, 9.17) is 14.2 Å². The molecule has 1 heterocycles. The van der Waals surface area contributed by atoms with Gasteiger partial charge in [0, 0.05) is 12.6 Å². The second-order valence-electron chi connectivity index (χ2n) is 6.55. The molecule has 3 aromatic rings. The first-order valence-corrected chi connectivity index (χ1v) is 10.6. The average Bonchev–Trinajstić information content (AvgIpc) is 2.77. The highest BCUT2D eigenvalue weighted by atomic mass is 127. The highest BCUT2D eigenvalue weighted by Crippen LogP contribution is 2.10. The van der Waals surface area contributed by atoms with Crippen LogP contribution in [0.5, 0.6) is 0 Å². The van der Waals surface area contributed by atoms with Gasteiger partial charge in [-0.2, -0.15) is 0 Å². The Labute approximate surface area is 187 Å². The highest BCUT2D eigenvalue weighted by Gasteiger charge is 2.12. The van der Waals surface area contributed by atoms with Crippen molar-refractivity contribution in [3.05, 3.63) is 102 Å². The lowest BCUT2D eigenvalue weighted by Crippen LogP contribution is -2.33. The molecule has 0 saturated carbocycles. The van der Waals surface area contributed by atoms with Gasteiger partial charge < -0.3 is 14.2 Å². The van der Waals surface area contributed by atoms with Crippen LogP contribution in [0.25, 0.3) is 0 Å². The van der Waals surface area contributed by atoms with Gasteiger partial charge in [-0.05, 0) is 33.7 Å². The molecule has 0 aliphatic carbocycles. The van der Waals surface area contributed by atoms with Crippen molar-refractivity contribution in [1.82, 2.24) is 9.55 Å².